The van der Waals surface area contributed by atoms with E-state index in [0.717, 1.165) is 6.42 Å². The Bertz CT molecular complexity index is 2240. The molecule has 1 aromatic carbocycles. The number of hydrogen-bond donors (Lipinski definition) is 14. The molecule has 0 saturated carbocycles. The van der Waals surface area contributed by atoms with Gasteiger partial charge in [0.25, 0.3) is 0 Å². The molecule has 0 unspecified atom stereocenters. The molecule has 0 radical (unpaired) electrons. The number of hydrogen-bond acceptors (Lipinski definition) is 16. The molecule has 78 heavy (non-hydrogen) atoms. The van der Waals surface area contributed by atoms with Crippen LogP contribution in [0.4, 0.5) is 0 Å². The fraction of sp³-hybridized carbons (Fsp3) is 0.692. The summed E-state index contributed by atoms with van der Waals surface area (Å²) in [4.78, 5) is 140. The number of carboxylic acids is 1. The molecule has 14 N–H and O–H groups in total. The maximum absolute atomic E-state index is 14.5. The predicted molar refractivity (Wildman–Crippen MR) is 288 cm³/mol. The van der Waals surface area contributed by atoms with Crippen LogP contribution >= 0.6 is 12.6 Å². The molecule has 3 fully saturated rings. The number of phenolic OH excluding ortho intramolecular Hbond substituents is 1. The van der Waals surface area contributed by atoms with Gasteiger partial charge in [-0.05, 0) is 107 Å². The van der Waals surface area contributed by atoms with Gasteiger partial charge in [0.05, 0.1) is 18.8 Å². The average molecular weight is 1120 g/mol. The van der Waals surface area contributed by atoms with Crippen molar-refractivity contribution in [2.45, 2.75) is 178 Å². The van der Waals surface area contributed by atoms with E-state index in [-0.39, 0.29) is 62.1 Å². The number of carboxylic acid groups (broad SMARTS) is 1. The summed E-state index contributed by atoms with van der Waals surface area (Å²) < 4.78 is 0. The largest absolute Gasteiger partial charge is 0.508 e. The number of likely N-dealkylation sites (tertiary alicyclic amines) is 2. The molecule has 0 aliphatic carbocycles. The van der Waals surface area contributed by atoms with E-state index in [9.17, 15) is 68.4 Å². The minimum absolute atomic E-state index is 0.106. The summed E-state index contributed by atoms with van der Waals surface area (Å²) in [7, 11) is 0. The zero-order valence-electron chi connectivity index (χ0n) is 45.3. The lowest BCUT2D eigenvalue weighted by Gasteiger charge is -2.35. The molecule has 13 atom stereocenters. The number of rotatable bonds is 30. The van der Waals surface area contributed by atoms with Gasteiger partial charge in [-0.2, -0.15) is 12.6 Å². The second-order valence-corrected chi connectivity index (χ2v) is 21.0. The first-order valence-electron chi connectivity index (χ1n) is 27.2. The number of phenols is 1. The van der Waals surface area contributed by atoms with Gasteiger partial charge >= 0.3 is 5.97 Å². The molecule has 25 nitrogen and oxygen atoms in total. The Kier molecular flexibility index (Phi) is 26.0. The first kappa shape index (κ1) is 64.4. The van der Waals surface area contributed by atoms with Gasteiger partial charge in [0, 0.05) is 25.3 Å². The standard InChI is InChI=1S/C52H83N11O14S/c1-6-28(3)40(59-43(67)33-14-10-22-54-33)48(72)58-37(27-78)46(70)61-42(30(5)65)49(73)56-35(25-31-17-19-32(66)20-18-31)44(68)57-36(26-64)45(69)60-41(29(4)7-2)51(75)63-24-12-16-39(63)50(74)62-23-11-15-38(62)47(71)55-34(52(76)77)13-8-9-21-53/h17-20,28-30,33-42,54,64-66,78H,6-16,21-27,53H2,1-5H3,(H,55,71)(H,56,73)(H,57,68)(H,58,72)(H,59,67)(H,60,69)(H,61,70)(H,76,77)/t28-,29-,30+,33-,34-,35-,36-,37-,38-,39-,40-,41-,42-/m0/s1. The number of thiol groups is 1. The van der Waals surface area contributed by atoms with E-state index >= 15 is 0 Å². The minimum atomic E-state index is -1.74. The molecule has 3 aliphatic heterocycles. The molecule has 0 spiro atoms. The van der Waals surface area contributed by atoms with Crippen molar-refractivity contribution in [3.63, 3.8) is 0 Å². The van der Waals surface area contributed by atoms with Crippen LogP contribution in [0.25, 0.3) is 0 Å². The van der Waals surface area contributed by atoms with E-state index in [1.54, 1.807) is 20.8 Å². The molecule has 1 aromatic rings. The Balaban J connectivity index is 1.49. The van der Waals surface area contributed by atoms with Gasteiger partial charge in [0.1, 0.15) is 60.1 Å². The number of unbranched alkanes of at least 4 members (excludes halogenated alkanes) is 1. The van der Waals surface area contributed by atoms with Crippen LogP contribution in [0.15, 0.2) is 24.3 Å². The Morgan fingerprint density at radius 2 is 1.23 bits per heavy atom. The zero-order chi connectivity index (χ0) is 57.8. The third-order valence-corrected chi connectivity index (χ3v) is 15.2. The Labute approximate surface area is 460 Å². The first-order valence-corrected chi connectivity index (χ1v) is 27.8. The normalized spacial score (nSPS) is 21.0. The Hall–Kier alpha value is -6.09. The van der Waals surface area contributed by atoms with Gasteiger partial charge in [-0.25, -0.2) is 4.79 Å². The van der Waals surface area contributed by atoms with Crippen LogP contribution in [0.3, 0.4) is 0 Å². The number of carbonyl (C=O) groups excluding carboxylic acids is 9. The number of carbonyl (C=O) groups is 10. The maximum atomic E-state index is 14.5. The summed E-state index contributed by atoms with van der Waals surface area (Å²) in [6, 6.07) is -6.72. The SMILES string of the molecule is CC[C@H](C)[C@H](NC(=O)[C@@H]1CCCN1)C(=O)N[C@@H](CS)C(=O)N[C@H](C(=O)N[C@@H](Cc1ccc(O)cc1)C(=O)N[C@@H](CO)C(=O)N[C@H](C(=O)N1CCC[C@H]1C(=O)N1CCC[C@H]1C(=O)N[C@@H](CCCCN)C(=O)O)[C@@H](C)CC)[C@@H](C)O. The van der Waals surface area contributed by atoms with Crippen molar-refractivity contribution < 1.29 is 68.4 Å². The molecular formula is C52H83N11O14S. The van der Waals surface area contributed by atoms with E-state index < -0.39 is 132 Å². The molecular weight excluding hydrogens is 1030 g/mol. The maximum Gasteiger partial charge on any atom is 0.326 e. The first-order chi connectivity index (χ1) is 37.1. The predicted octanol–water partition coefficient (Wildman–Crippen LogP) is -2.33. The lowest BCUT2D eigenvalue weighted by molar-refractivity contribution is -0.149. The highest BCUT2D eigenvalue weighted by molar-refractivity contribution is 7.80. The smallest absolute Gasteiger partial charge is 0.326 e. The zero-order valence-corrected chi connectivity index (χ0v) is 46.2. The number of benzene rings is 1. The Morgan fingerprint density at radius 1 is 0.667 bits per heavy atom. The summed E-state index contributed by atoms with van der Waals surface area (Å²) in [5.41, 5.74) is 5.96. The number of aliphatic carboxylic acids is 1. The van der Waals surface area contributed by atoms with Crippen molar-refractivity contribution >= 4 is 71.8 Å². The molecule has 3 aliphatic rings. The number of aromatic hydroxyl groups is 1. The fourth-order valence-electron chi connectivity index (χ4n) is 9.70. The Morgan fingerprint density at radius 3 is 1.81 bits per heavy atom. The number of aliphatic hydroxyl groups is 2. The van der Waals surface area contributed by atoms with Gasteiger partial charge in [0.15, 0.2) is 0 Å². The number of nitrogens with zero attached hydrogens (tertiary/aromatic N) is 2. The van der Waals surface area contributed by atoms with Gasteiger partial charge in [0.2, 0.25) is 53.2 Å². The van der Waals surface area contributed by atoms with Crippen LogP contribution in [-0.4, -0.2) is 194 Å². The average Bonchev–Trinajstić information content (AvgIpc) is 4.25. The van der Waals surface area contributed by atoms with Gasteiger partial charge in [-0.1, -0.05) is 52.7 Å². The molecule has 0 bridgehead atoms. The molecule has 3 heterocycles. The topological polar surface area (TPSA) is 380 Å². The summed E-state index contributed by atoms with van der Waals surface area (Å²) in [6.45, 7) is 8.64. The fourth-order valence-corrected chi connectivity index (χ4v) is 9.96. The van der Waals surface area contributed by atoms with Crippen molar-refractivity contribution in [3.05, 3.63) is 29.8 Å². The van der Waals surface area contributed by atoms with E-state index in [1.165, 1.54) is 41.0 Å². The van der Waals surface area contributed by atoms with Crippen molar-refractivity contribution in [1.82, 2.24) is 52.3 Å². The molecule has 436 valence electrons. The minimum Gasteiger partial charge on any atom is -0.508 e. The number of nitrogens with one attached hydrogen (secondary N) is 8. The molecule has 9 amide bonds. The second kappa shape index (κ2) is 31.5. The molecule has 26 heteroatoms. The van der Waals surface area contributed by atoms with Crippen molar-refractivity contribution in [3.8, 4) is 5.75 Å². The summed E-state index contributed by atoms with van der Waals surface area (Å²) in [6.07, 6.45) is 3.00. The van der Waals surface area contributed by atoms with E-state index in [2.05, 4.69) is 55.2 Å². The van der Waals surface area contributed by atoms with Crippen LogP contribution in [0.1, 0.15) is 111 Å². The monoisotopic (exact) mass is 1120 g/mol. The van der Waals surface area contributed by atoms with Crippen LogP contribution in [0.5, 0.6) is 5.75 Å². The van der Waals surface area contributed by atoms with E-state index in [0.29, 0.717) is 63.6 Å². The van der Waals surface area contributed by atoms with Gasteiger partial charge < -0.3 is 78.5 Å². The van der Waals surface area contributed by atoms with Crippen molar-refractivity contribution in [2.24, 2.45) is 17.6 Å². The third kappa shape index (κ3) is 18.0. The summed E-state index contributed by atoms with van der Waals surface area (Å²) in [5, 5.41) is 62.1. The highest BCUT2D eigenvalue weighted by Crippen LogP contribution is 2.27. The van der Waals surface area contributed by atoms with Gasteiger partial charge in [-0.15, -0.1) is 0 Å². The van der Waals surface area contributed by atoms with Crippen molar-refractivity contribution in [2.75, 3.05) is 38.5 Å². The number of aliphatic hydroxyl groups excluding tert-OH is 2. The number of nitrogens with two attached hydrogens (primary N) is 1. The van der Waals surface area contributed by atoms with E-state index in [4.69, 9.17) is 5.73 Å². The molecule has 0 aromatic heterocycles. The number of amides is 9. The van der Waals surface area contributed by atoms with Crippen LogP contribution < -0.4 is 48.3 Å². The quantitative estimate of drug-likeness (QED) is 0.0284. The van der Waals surface area contributed by atoms with Crippen LogP contribution in [0, 0.1) is 11.8 Å². The van der Waals surface area contributed by atoms with Crippen molar-refractivity contribution in [1.29, 1.82) is 0 Å². The lowest BCUT2D eigenvalue weighted by Crippen LogP contribution is -2.63. The van der Waals surface area contributed by atoms with Gasteiger partial charge in [-0.3, -0.25) is 43.2 Å². The van der Waals surface area contributed by atoms with Crippen LogP contribution in [-0.2, 0) is 54.4 Å². The third-order valence-electron chi connectivity index (χ3n) is 14.9. The van der Waals surface area contributed by atoms with E-state index in [1.807, 2.05) is 6.92 Å². The molecule has 3 saturated heterocycles. The van der Waals surface area contributed by atoms with Crippen LogP contribution in [0.2, 0.25) is 0 Å². The highest BCUT2D eigenvalue weighted by Gasteiger charge is 2.45. The highest BCUT2D eigenvalue weighted by atomic mass is 32.1. The molecule has 4 rings (SSSR count). The summed E-state index contributed by atoms with van der Waals surface area (Å²) in [5.74, 6) is -9.25. The second-order valence-electron chi connectivity index (χ2n) is 20.6. The lowest BCUT2D eigenvalue weighted by atomic mass is 9.96. The summed E-state index contributed by atoms with van der Waals surface area (Å²) >= 11 is 4.25.